The molecule has 0 spiro atoms. The van der Waals surface area contributed by atoms with Gasteiger partial charge in [0.15, 0.2) is 12.2 Å². The topological polar surface area (TPSA) is 200 Å². The van der Waals surface area contributed by atoms with E-state index in [0.29, 0.717) is 41.3 Å². The number of aromatic hydroxyl groups is 1. The Hall–Kier alpha value is -8.27. The van der Waals surface area contributed by atoms with E-state index in [1.165, 1.54) is 24.3 Å². The van der Waals surface area contributed by atoms with Gasteiger partial charge in [0.05, 0.1) is 30.2 Å². The number of rotatable bonds is 18. The van der Waals surface area contributed by atoms with Gasteiger partial charge in [-0.3, -0.25) is 14.4 Å². The van der Waals surface area contributed by atoms with E-state index in [9.17, 15) is 29.1 Å². The maximum atomic E-state index is 14.2. The second kappa shape index (κ2) is 23.2. The number of imide groups is 1. The highest BCUT2D eigenvalue weighted by atomic mass is 16.5. The number of benzene rings is 4. The summed E-state index contributed by atoms with van der Waals surface area (Å²) in [5.41, 5.74) is 4.74. The van der Waals surface area contributed by atoms with Gasteiger partial charge in [-0.2, -0.15) is 9.98 Å². The van der Waals surface area contributed by atoms with E-state index >= 15 is 0 Å². The van der Waals surface area contributed by atoms with Crippen molar-refractivity contribution >= 4 is 52.8 Å². The molecule has 5 amide bonds. The molecule has 1 aromatic heterocycles. The van der Waals surface area contributed by atoms with Gasteiger partial charge in [0, 0.05) is 11.4 Å². The van der Waals surface area contributed by atoms with E-state index in [-0.39, 0.29) is 47.5 Å². The Balaban J connectivity index is 1.23. The maximum Gasteiger partial charge on any atom is 0.358 e. The third-order valence-corrected chi connectivity index (χ3v) is 11.0. The molecule has 2 unspecified atom stereocenters. The van der Waals surface area contributed by atoms with Crippen LogP contribution in [0.15, 0.2) is 124 Å². The lowest BCUT2D eigenvalue weighted by molar-refractivity contribution is -0.123. The second-order valence-electron chi connectivity index (χ2n) is 16.4. The number of urea groups is 1. The molecule has 70 heavy (non-hydrogen) atoms. The number of nitrogens with one attached hydrogen (secondary N) is 2. The van der Waals surface area contributed by atoms with Crippen LogP contribution in [-0.2, 0) is 19.1 Å². The van der Waals surface area contributed by atoms with E-state index in [1.54, 1.807) is 69.3 Å². The summed E-state index contributed by atoms with van der Waals surface area (Å²) >= 11 is 0. The molecule has 0 bridgehead atoms. The fourth-order valence-electron chi connectivity index (χ4n) is 7.43. The first-order valence-electron chi connectivity index (χ1n) is 23.0. The Bertz CT molecular complexity index is 2990. The smallest absolute Gasteiger partial charge is 0.358 e. The first kappa shape index (κ1) is 51.1. The minimum absolute atomic E-state index is 0.0290. The van der Waals surface area contributed by atoms with Gasteiger partial charge < -0.3 is 34.7 Å². The number of ether oxygens (including phenoxy) is 4. The summed E-state index contributed by atoms with van der Waals surface area (Å²) in [5.74, 6) is -1.13. The van der Waals surface area contributed by atoms with Crippen molar-refractivity contribution in [2.75, 3.05) is 28.7 Å². The van der Waals surface area contributed by atoms with Gasteiger partial charge in [-0.25, -0.2) is 19.1 Å². The Morgan fingerprint density at radius 1 is 0.729 bits per heavy atom. The summed E-state index contributed by atoms with van der Waals surface area (Å²) in [6.45, 7) is 16.8. The molecule has 6 rings (SSSR count). The van der Waals surface area contributed by atoms with Crippen molar-refractivity contribution in [2.45, 2.75) is 87.4 Å². The Labute approximate surface area is 407 Å². The minimum Gasteiger partial charge on any atom is -0.494 e. The van der Waals surface area contributed by atoms with Crippen molar-refractivity contribution in [3.05, 3.63) is 153 Å². The lowest BCUT2D eigenvalue weighted by Crippen LogP contribution is -2.43. The fraction of sp³-hybridized carbons (Fsp3) is 0.278. The quantitative estimate of drug-likeness (QED) is 0.0558. The summed E-state index contributed by atoms with van der Waals surface area (Å²) in [7, 11) is 0. The molecule has 0 radical (unpaired) electrons. The highest BCUT2D eigenvalue weighted by molar-refractivity contribution is 6.36. The van der Waals surface area contributed by atoms with Crippen LogP contribution in [-0.4, -0.2) is 69.7 Å². The van der Waals surface area contributed by atoms with Crippen LogP contribution in [0.2, 0.25) is 0 Å². The Morgan fingerprint density at radius 2 is 1.27 bits per heavy atom. The second-order valence-corrected chi connectivity index (χ2v) is 16.4. The summed E-state index contributed by atoms with van der Waals surface area (Å²) in [6, 6.07) is 23.2. The number of allylic oxidation sites excluding steroid dienone is 4. The third-order valence-electron chi connectivity index (χ3n) is 11.0. The normalized spacial score (nSPS) is 14.3. The van der Waals surface area contributed by atoms with Gasteiger partial charge in [-0.05, 0) is 133 Å². The number of carbonyl (C=O) groups is 4. The predicted octanol–water partition coefficient (Wildman–Crippen LogP) is 9.65. The number of aliphatic imine (C=N–C) groups is 1. The van der Waals surface area contributed by atoms with Crippen LogP contribution in [0, 0.1) is 27.7 Å². The summed E-state index contributed by atoms with van der Waals surface area (Å²) in [4.78, 5) is 76.9. The zero-order valence-corrected chi connectivity index (χ0v) is 40.8. The molecule has 0 saturated heterocycles. The molecule has 2 atom stereocenters. The first-order chi connectivity index (χ1) is 33.5. The average Bonchev–Trinajstić information content (AvgIpc) is 3.31. The standard InChI is InChI=1S/C54H58N6O10/c1-10-43(69-45-26-22-33(6)28-35(45)8)47(61)55-37-16-14-18-39(30-37)59-51(63)41(49(67-12-3)57-53(59)65)24-20-32(5)21-25-42-50(68-13-4)58-54(66)60(52(42)64)40-19-15-17-38(31-40)56-48(62)44(11-2)70-46-27-23-34(7)29-36(46)9/h14-31,43-44,63H,10-13H2,1-9H3,(H,55,61)(H,56,62)/b24-20+,32-21+,42-25?. The zero-order chi connectivity index (χ0) is 50.6. The van der Waals surface area contributed by atoms with Gasteiger partial charge in [-0.1, -0.05) is 79.1 Å². The lowest BCUT2D eigenvalue weighted by Gasteiger charge is -2.25. The van der Waals surface area contributed by atoms with Crippen molar-refractivity contribution in [2.24, 2.45) is 4.99 Å². The molecule has 1 aliphatic rings. The number of nitrogens with zero attached hydrogens (tertiary/aromatic N) is 4. The van der Waals surface area contributed by atoms with E-state index in [2.05, 4.69) is 20.6 Å². The molecule has 0 aliphatic carbocycles. The van der Waals surface area contributed by atoms with Crippen LogP contribution in [0.25, 0.3) is 11.8 Å². The van der Waals surface area contributed by atoms with Crippen LogP contribution < -0.4 is 35.4 Å². The number of aryl methyl sites for hydroxylation is 4. The SMILES string of the molecule is CCOC1=NC(=O)N(c2cccc(NC(=O)C(CC)Oc3ccc(C)cc3C)c2)C(=O)C1=C/C=C(C)/C=C/c1c(OCC)nc(=O)n(-c2cccc(NC(=O)C(CC)Oc3ccc(C)cc3C)c2)c1O. The number of aromatic nitrogens is 2. The van der Waals surface area contributed by atoms with Gasteiger partial charge in [0.1, 0.15) is 17.1 Å². The minimum atomic E-state index is -0.888. The number of hydrogen-bond acceptors (Lipinski definition) is 11. The molecule has 364 valence electrons. The summed E-state index contributed by atoms with van der Waals surface area (Å²) < 4.78 is 24.4. The molecule has 2 heterocycles. The van der Waals surface area contributed by atoms with E-state index in [4.69, 9.17) is 18.9 Å². The molecule has 16 heteroatoms. The highest BCUT2D eigenvalue weighted by Gasteiger charge is 2.35. The molecule has 5 aromatic rings. The molecular weight excluding hydrogens is 893 g/mol. The van der Waals surface area contributed by atoms with Crippen molar-refractivity contribution in [1.82, 2.24) is 9.55 Å². The average molecular weight is 951 g/mol. The molecule has 3 N–H and O–H groups in total. The summed E-state index contributed by atoms with van der Waals surface area (Å²) in [5, 5.41) is 17.4. The van der Waals surface area contributed by atoms with Crippen molar-refractivity contribution in [3.8, 4) is 28.9 Å². The van der Waals surface area contributed by atoms with Crippen LogP contribution in [0.1, 0.15) is 75.3 Å². The lowest BCUT2D eigenvalue weighted by atomic mass is 10.1. The summed E-state index contributed by atoms with van der Waals surface area (Å²) in [6.07, 6.45) is 5.30. The zero-order valence-electron chi connectivity index (χ0n) is 40.8. The van der Waals surface area contributed by atoms with Gasteiger partial charge in [-0.15, -0.1) is 0 Å². The maximum absolute atomic E-state index is 14.2. The van der Waals surface area contributed by atoms with Crippen LogP contribution in [0.3, 0.4) is 0 Å². The Morgan fingerprint density at radius 3 is 1.80 bits per heavy atom. The molecule has 0 fully saturated rings. The Kier molecular flexibility index (Phi) is 16.9. The molecule has 16 nitrogen and oxygen atoms in total. The van der Waals surface area contributed by atoms with E-state index in [1.807, 2.05) is 77.9 Å². The molecule has 4 aromatic carbocycles. The van der Waals surface area contributed by atoms with Crippen LogP contribution >= 0.6 is 0 Å². The molecular formula is C54H58N6O10. The van der Waals surface area contributed by atoms with Crippen LogP contribution in [0.5, 0.6) is 23.3 Å². The number of amides is 5. The van der Waals surface area contributed by atoms with Crippen molar-refractivity contribution < 1.29 is 43.2 Å². The fourth-order valence-corrected chi connectivity index (χ4v) is 7.43. The van der Waals surface area contributed by atoms with Crippen molar-refractivity contribution in [1.29, 1.82) is 0 Å². The van der Waals surface area contributed by atoms with E-state index < -0.39 is 47.5 Å². The van der Waals surface area contributed by atoms with Gasteiger partial charge in [0.2, 0.25) is 17.7 Å². The van der Waals surface area contributed by atoms with Crippen LogP contribution in [0.4, 0.5) is 21.9 Å². The molecule has 0 saturated carbocycles. The largest absolute Gasteiger partial charge is 0.494 e. The monoisotopic (exact) mass is 950 g/mol. The number of hydrogen-bond donors (Lipinski definition) is 3. The van der Waals surface area contributed by atoms with E-state index in [0.717, 1.165) is 31.7 Å². The molecule has 1 aliphatic heterocycles. The third kappa shape index (κ3) is 12.2. The van der Waals surface area contributed by atoms with Crippen molar-refractivity contribution in [3.63, 3.8) is 0 Å². The number of anilines is 3. The highest BCUT2D eigenvalue weighted by Crippen LogP contribution is 2.31. The predicted molar refractivity (Wildman–Crippen MR) is 270 cm³/mol. The van der Waals surface area contributed by atoms with Gasteiger partial charge in [0.25, 0.3) is 17.7 Å². The van der Waals surface area contributed by atoms with Gasteiger partial charge >= 0.3 is 11.7 Å². The number of carbonyl (C=O) groups excluding carboxylic acids is 4. The first-order valence-corrected chi connectivity index (χ1v) is 23.0.